The largest absolute Gasteiger partial charge is 0.378 e. The van der Waals surface area contributed by atoms with Gasteiger partial charge in [-0.2, -0.15) is 0 Å². The van der Waals surface area contributed by atoms with Crippen molar-refractivity contribution < 1.29 is 23.9 Å². The van der Waals surface area contributed by atoms with Crippen LogP contribution in [0.25, 0.3) is 0 Å². The zero-order valence-electron chi connectivity index (χ0n) is 17.0. The molecule has 8 nitrogen and oxygen atoms in total. The van der Waals surface area contributed by atoms with Gasteiger partial charge in [0, 0.05) is 45.1 Å². The zero-order valence-corrected chi connectivity index (χ0v) is 17.0. The molecule has 0 radical (unpaired) electrons. The summed E-state index contributed by atoms with van der Waals surface area (Å²) in [7, 11) is 0. The molecule has 1 aromatic carbocycles. The Kier molecular flexibility index (Phi) is 6.13. The van der Waals surface area contributed by atoms with Crippen LogP contribution < -0.4 is 0 Å². The smallest absolute Gasteiger partial charge is 0.261 e. The fourth-order valence-electron chi connectivity index (χ4n) is 4.41. The van der Waals surface area contributed by atoms with Crippen LogP contribution in [0.5, 0.6) is 0 Å². The molecule has 0 saturated carbocycles. The maximum Gasteiger partial charge on any atom is 0.261 e. The van der Waals surface area contributed by atoms with E-state index in [-0.39, 0.29) is 42.5 Å². The molecule has 2 fully saturated rings. The summed E-state index contributed by atoms with van der Waals surface area (Å²) in [5.74, 6) is -0.402. The van der Waals surface area contributed by atoms with Crippen molar-refractivity contribution in [2.24, 2.45) is 5.92 Å². The average molecular weight is 413 g/mol. The molecule has 3 aliphatic rings. The fourth-order valence-corrected chi connectivity index (χ4v) is 4.41. The van der Waals surface area contributed by atoms with Crippen LogP contribution in [0.3, 0.4) is 0 Å². The number of fused-ring (bicyclic) bond motifs is 1. The zero-order chi connectivity index (χ0) is 21.1. The SMILES string of the molecule is O=C(CCCN1C(=O)c2ccccc2C1=O)N1CCC(C(=O)N2CCOCC2)CC1. The van der Waals surface area contributed by atoms with Crippen LogP contribution in [0.4, 0.5) is 0 Å². The van der Waals surface area contributed by atoms with Crippen LogP contribution >= 0.6 is 0 Å². The molecule has 2 saturated heterocycles. The number of likely N-dealkylation sites (tertiary alicyclic amines) is 1. The molecule has 1 aromatic rings. The highest BCUT2D eigenvalue weighted by atomic mass is 16.5. The number of benzene rings is 1. The molecule has 0 aromatic heterocycles. The first kappa shape index (κ1) is 20.5. The highest BCUT2D eigenvalue weighted by molar-refractivity contribution is 6.21. The Bertz CT molecular complexity index is 806. The van der Waals surface area contributed by atoms with E-state index in [1.54, 1.807) is 29.2 Å². The standard InChI is InChI=1S/C22H27N3O5/c26-19(6-3-9-25-21(28)17-4-1-2-5-18(17)22(25)29)23-10-7-16(8-11-23)20(27)24-12-14-30-15-13-24/h1-2,4-5,16H,3,6-15H2. The first-order valence-electron chi connectivity index (χ1n) is 10.7. The Labute approximate surface area is 175 Å². The third-order valence-electron chi connectivity index (χ3n) is 6.17. The van der Waals surface area contributed by atoms with E-state index in [0.717, 1.165) is 0 Å². The lowest BCUT2D eigenvalue weighted by Crippen LogP contribution is -2.47. The van der Waals surface area contributed by atoms with E-state index < -0.39 is 0 Å². The van der Waals surface area contributed by atoms with Crippen molar-refractivity contribution in [2.45, 2.75) is 25.7 Å². The van der Waals surface area contributed by atoms with Gasteiger partial charge < -0.3 is 14.5 Å². The summed E-state index contributed by atoms with van der Waals surface area (Å²) >= 11 is 0. The summed E-state index contributed by atoms with van der Waals surface area (Å²) in [6.45, 7) is 3.88. The summed E-state index contributed by atoms with van der Waals surface area (Å²) in [4.78, 5) is 54.8. The van der Waals surface area contributed by atoms with Gasteiger partial charge in [0.05, 0.1) is 24.3 Å². The number of carbonyl (C=O) groups is 4. The van der Waals surface area contributed by atoms with Gasteiger partial charge >= 0.3 is 0 Å². The number of carbonyl (C=O) groups excluding carboxylic acids is 4. The average Bonchev–Trinajstić information content (AvgIpc) is 3.04. The van der Waals surface area contributed by atoms with E-state index in [9.17, 15) is 19.2 Å². The van der Waals surface area contributed by atoms with E-state index in [1.165, 1.54) is 4.90 Å². The Morgan fingerprint density at radius 2 is 1.50 bits per heavy atom. The number of amides is 4. The number of morpholine rings is 1. The van der Waals surface area contributed by atoms with Crippen LogP contribution in [0, 0.1) is 5.92 Å². The normalized spacial score (nSPS) is 19.9. The molecule has 8 heteroatoms. The minimum atomic E-state index is -0.287. The molecule has 4 rings (SSSR count). The molecular weight excluding hydrogens is 386 g/mol. The minimum absolute atomic E-state index is 0.0175. The second-order valence-electron chi connectivity index (χ2n) is 8.00. The predicted octanol–water partition coefficient (Wildman–Crippen LogP) is 1.16. The summed E-state index contributed by atoms with van der Waals surface area (Å²) < 4.78 is 5.30. The molecule has 0 spiro atoms. The molecule has 160 valence electrons. The third kappa shape index (κ3) is 4.09. The van der Waals surface area contributed by atoms with Gasteiger partial charge in [0.25, 0.3) is 11.8 Å². The van der Waals surface area contributed by atoms with E-state index in [0.29, 0.717) is 69.8 Å². The summed E-state index contributed by atoms with van der Waals surface area (Å²) in [5, 5.41) is 0. The second kappa shape index (κ2) is 8.95. The highest BCUT2D eigenvalue weighted by Crippen LogP contribution is 2.24. The molecule has 0 aliphatic carbocycles. The summed E-state index contributed by atoms with van der Waals surface area (Å²) in [5.41, 5.74) is 0.863. The number of rotatable bonds is 5. The van der Waals surface area contributed by atoms with Crippen molar-refractivity contribution >= 4 is 23.6 Å². The fraction of sp³-hybridized carbons (Fsp3) is 0.545. The molecule has 3 heterocycles. The van der Waals surface area contributed by atoms with Gasteiger partial charge in [0.2, 0.25) is 11.8 Å². The molecule has 0 atom stereocenters. The third-order valence-corrected chi connectivity index (χ3v) is 6.17. The number of ether oxygens (including phenoxy) is 1. The lowest BCUT2D eigenvalue weighted by Gasteiger charge is -2.35. The number of piperidine rings is 1. The van der Waals surface area contributed by atoms with Crippen LogP contribution in [-0.2, 0) is 14.3 Å². The minimum Gasteiger partial charge on any atom is -0.378 e. The lowest BCUT2D eigenvalue weighted by atomic mass is 9.95. The quantitative estimate of drug-likeness (QED) is 0.676. The summed E-state index contributed by atoms with van der Waals surface area (Å²) in [6.07, 6.45) is 2.09. The summed E-state index contributed by atoms with van der Waals surface area (Å²) in [6, 6.07) is 6.79. The first-order valence-corrected chi connectivity index (χ1v) is 10.7. The molecule has 3 aliphatic heterocycles. The van der Waals surface area contributed by atoms with E-state index >= 15 is 0 Å². The van der Waals surface area contributed by atoms with Gasteiger partial charge in [-0.1, -0.05) is 12.1 Å². The first-order chi connectivity index (χ1) is 14.6. The van der Waals surface area contributed by atoms with E-state index in [4.69, 9.17) is 4.74 Å². The topological polar surface area (TPSA) is 87.2 Å². The Morgan fingerprint density at radius 1 is 0.900 bits per heavy atom. The predicted molar refractivity (Wildman–Crippen MR) is 108 cm³/mol. The highest BCUT2D eigenvalue weighted by Gasteiger charge is 2.35. The van der Waals surface area contributed by atoms with E-state index in [1.807, 2.05) is 4.90 Å². The number of imide groups is 1. The van der Waals surface area contributed by atoms with Gasteiger partial charge in [-0.15, -0.1) is 0 Å². The number of nitrogens with zero attached hydrogens (tertiary/aromatic N) is 3. The molecule has 0 unspecified atom stereocenters. The van der Waals surface area contributed by atoms with Gasteiger partial charge in [-0.05, 0) is 31.4 Å². The lowest BCUT2D eigenvalue weighted by molar-refractivity contribution is -0.143. The maximum absolute atomic E-state index is 12.6. The molecule has 4 amide bonds. The van der Waals surface area contributed by atoms with Gasteiger partial charge in [0.15, 0.2) is 0 Å². The van der Waals surface area contributed by atoms with Crippen molar-refractivity contribution in [3.63, 3.8) is 0 Å². The van der Waals surface area contributed by atoms with Crippen molar-refractivity contribution in [1.29, 1.82) is 0 Å². The van der Waals surface area contributed by atoms with E-state index in [2.05, 4.69) is 0 Å². The van der Waals surface area contributed by atoms with Crippen LogP contribution in [0.2, 0.25) is 0 Å². The molecule has 0 bridgehead atoms. The van der Waals surface area contributed by atoms with Crippen LogP contribution in [0.15, 0.2) is 24.3 Å². The Hall–Kier alpha value is -2.74. The number of hydrogen-bond acceptors (Lipinski definition) is 5. The van der Waals surface area contributed by atoms with Crippen molar-refractivity contribution in [1.82, 2.24) is 14.7 Å². The second-order valence-corrected chi connectivity index (χ2v) is 8.00. The monoisotopic (exact) mass is 413 g/mol. The number of hydrogen-bond donors (Lipinski definition) is 0. The maximum atomic E-state index is 12.6. The Balaban J connectivity index is 1.21. The molecule has 30 heavy (non-hydrogen) atoms. The van der Waals surface area contributed by atoms with Crippen molar-refractivity contribution in [2.75, 3.05) is 45.9 Å². The molecule has 0 N–H and O–H groups in total. The van der Waals surface area contributed by atoms with Crippen LogP contribution in [-0.4, -0.2) is 84.3 Å². The van der Waals surface area contributed by atoms with Crippen LogP contribution in [0.1, 0.15) is 46.4 Å². The van der Waals surface area contributed by atoms with Crippen molar-refractivity contribution in [3.05, 3.63) is 35.4 Å². The Morgan fingerprint density at radius 3 is 2.10 bits per heavy atom. The van der Waals surface area contributed by atoms with Gasteiger partial charge in [-0.3, -0.25) is 24.1 Å². The molecular formula is C22H27N3O5. The van der Waals surface area contributed by atoms with Gasteiger partial charge in [-0.25, -0.2) is 0 Å². The van der Waals surface area contributed by atoms with Gasteiger partial charge in [0.1, 0.15) is 0 Å². The van der Waals surface area contributed by atoms with Crippen molar-refractivity contribution in [3.8, 4) is 0 Å².